The average Bonchev–Trinajstić information content (AvgIpc) is 2.26. The highest BCUT2D eigenvalue weighted by Gasteiger charge is 2.19. The van der Waals surface area contributed by atoms with Crippen LogP contribution in [0.1, 0.15) is 5.56 Å². The molecular formula is C14H25NOSi. The smallest absolute Gasteiger partial charge is 0.119 e. The van der Waals surface area contributed by atoms with Crippen LogP contribution in [0.25, 0.3) is 0 Å². The van der Waals surface area contributed by atoms with Gasteiger partial charge in [0.25, 0.3) is 0 Å². The highest BCUT2D eigenvalue weighted by atomic mass is 28.3. The molecule has 1 rings (SSSR count). The lowest BCUT2D eigenvalue weighted by atomic mass is 10.0. The van der Waals surface area contributed by atoms with E-state index in [-0.39, 0.29) is 0 Å². The van der Waals surface area contributed by atoms with Crippen molar-refractivity contribution in [2.24, 2.45) is 11.7 Å². The zero-order valence-corrected chi connectivity index (χ0v) is 12.5. The maximum Gasteiger partial charge on any atom is 0.119 e. The number of hydrogen-bond acceptors (Lipinski definition) is 2. The Kier molecular flexibility index (Phi) is 5.21. The Hall–Kier alpha value is -0.803. The first-order valence-corrected chi connectivity index (χ1v) is 9.98. The van der Waals surface area contributed by atoms with Gasteiger partial charge in [0.15, 0.2) is 0 Å². The zero-order chi connectivity index (χ0) is 12.9. The molecule has 0 aliphatic carbocycles. The molecule has 1 unspecified atom stereocenters. The Bertz CT molecular complexity index is 346. The van der Waals surface area contributed by atoms with E-state index < -0.39 is 8.07 Å². The summed E-state index contributed by atoms with van der Waals surface area (Å²) in [6, 6.07) is 9.61. The van der Waals surface area contributed by atoms with Crippen LogP contribution in [-0.2, 0) is 6.42 Å². The Morgan fingerprint density at radius 2 is 2.00 bits per heavy atom. The zero-order valence-electron chi connectivity index (χ0n) is 11.5. The van der Waals surface area contributed by atoms with Crippen LogP contribution in [0.4, 0.5) is 0 Å². The third kappa shape index (κ3) is 5.37. The van der Waals surface area contributed by atoms with Crippen LogP contribution in [0.15, 0.2) is 24.3 Å². The first kappa shape index (κ1) is 14.3. The summed E-state index contributed by atoms with van der Waals surface area (Å²) in [5, 5.41) is 0. The first-order chi connectivity index (χ1) is 7.94. The molecule has 0 heterocycles. The van der Waals surface area contributed by atoms with E-state index in [1.807, 2.05) is 6.07 Å². The fourth-order valence-electron chi connectivity index (χ4n) is 2.24. The van der Waals surface area contributed by atoms with Crippen molar-refractivity contribution in [2.45, 2.75) is 32.1 Å². The van der Waals surface area contributed by atoms with Crippen molar-refractivity contribution in [3.8, 4) is 5.75 Å². The molecule has 17 heavy (non-hydrogen) atoms. The third-order valence-electron chi connectivity index (χ3n) is 2.89. The molecule has 0 bridgehead atoms. The monoisotopic (exact) mass is 251 g/mol. The molecule has 0 fully saturated rings. The van der Waals surface area contributed by atoms with Crippen molar-refractivity contribution >= 4 is 8.07 Å². The summed E-state index contributed by atoms with van der Waals surface area (Å²) in [5.41, 5.74) is 7.22. The Morgan fingerprint density at radius 1 is 1.29 bits per heavy atom. The molecule has 2 N–H and O–H groups in total. The van der Waals surface area contributed by atoms with E-state index in [0.717, 1.165) is 18.7 Å². The predicted molar refractivity (Wildman–Crippen MR) is 77.4 cm³/mol. The molecular weight excluding hydrogens is 226 g/mol. The molecule has 0 aromatic heterocycles. The van der Waals surface area contributed by atoms with E-state index in [1.54, 1.807) is 7.11 Å². The SMILES string of the molecule is COc1cccc(CC(CN)C[Si](C)(C)C)c1. The van der Waals surface area contributed by atoms with Crippen molar-refractivity contribution in [1.29, 1.82) is 0 Å². The predicted octanol–water partition coefficient (Wildman–Crippen LogP) is 3.15. The number of benzene rings is 1. The number of methoxy groups -OCH3 is 1. The molecule has 1 aromatic carbocycles. The number of rotatable bonds is 6. The summed E-state index contributed by atoms with van der Waals surface area (Å²) in [7, 11) is 0.682. The van der Waals surface area contributed by atoms with E-state index >= 15 is 0 Å². The molecule has 1 atom stereocenters. The fourth-order valence-corrected chi connectivity index (χ4v) is 4.28. The molecule has 0 amide bonds. The summed E-state index contributed by atoms with van der Waals surface area (Å²) >= 11 is 0. The van der Waals surface area contributed by atoms with E-state index in [9.17, 15) is 0 Å². The van der Waals surface area contributed by atoms with E-state index in [0.29, 0.717) is 5.92 Å². The van der Waals surface area contributed by atoms with Gasteiger partial charge < -0.3 is 10.5 Å². The first-order valence-electron chi connectivity index (χ1n) is 6.27. The third-order valence-corrected chi connectivity index (χ3v) is 4.70. The summed E-state index contributed by atoms with van der Waals surface area (Å²) in [5.74, 6) is 1.54. The largest absolute Gasteiger partial charge is 0.497 e. The number of hydrogen-bond donors (Lipinski definition) is 1. The highest BCUT2D eigenvalue weighted by molar-refractivity contribution is 6.76. The summed E-state index contributed by atoms with van der Waals surface area (Å²) in [4.78, 5) is 0. The maximum absolute atomic E-state index is 5.89. The van der Waals surface area contributed by atoms with E-state index in [2.05, 4.69) is 37.8 Å². The van der Waals surface area contributed by atoms with E-state index in [4.69, 9.17) is 10.5 Å². The van der Waals surface area contributed by atoms with Gasteiger partial charge in [-0.25, -0.2) is 0 Å². The highest BCUT2D eigenvalue weighted by Crippen LogP contribution is 2.22. The van der Waals surface area contributed by atoms with Gasteiger partial charge >= 0.3 is 0 Å². The minimum absolute atomic E-state index is 0.605. The molecule has 0 aliphatic rings. The Morgan fingerprint density at radius 3 is 2.53 bits per heavy atom. The molecule has 96 valence electrons. The molecule has 0 spiro atoms. The van der Waals surface area contributed by atoms with Gasteiger partial charge in [0, 0.05) is 8.07 Å². The summed E-state index contributed by atoms with van der Waals surface area (Å²) in [6.45, 7) is 7.99. The van der Waals surface area contributed by atoms with Gasteiger partial charge in [-0.3, -0.25) is 0 Å². The second-order valence-electron chi connectivity index (χ2n) is 5.92. The van der Waals surface area contributed by atoms with Crippen molar-refractivity contribution in [3.63, 3.8) is 0 Å². The van der Waals surface area contributed by atoms with Gasteiger partial charge in [0.2, 0.25) is 0 Å². The van der Waals surface area contributed by atoms with Gasteiger partial charge in [-0.2, -0.15) is 0 Å². The lowest BCUT2D eigenvalue weighted by Gasteiger charge is -2.23. The van der Waals surface area contributed by atoms with Crippen LogP contribution < -0.4 is 10.5 Å². The van der Waals surface area contributed by atoms with Crippen LogP contribution >= 0.6 is 0 Å². The maximum atomic E-state index is 5.89. The average molecular weight is 251 g/mol. The van der Waals surface area contributed by atoms with Crippen LogP contribution in [0.3, 0.4) is 0 Å². The van der Waals surface area contributed by atoms with Crippen molar-refractivity contribution in [3.05, 3.63) is 29.8 Å². The van der Waals surface area contributed by atoms with E-state index in [1.165, 1.54) is 11.6 Å². The number of ether oxygens (including phenoxy) is 1. The molecule has 0 aliphatic heterocycles. The second kappa shape index (κ2) is 6.22. The van der Waals surface area contributed by atoms with Gasteiger partial charge in [0.1, 0.15) is 5.75 Å². The molecule has 0 radical (unpaired) electrons. The van der Waals surface area contributed by atoms with Crippen LogP contribution in [0.2, 0.25) is 25.7 Å². The second-order valence-corrected chi connectivity index (χ2v) is 11.5. The Labute approximate surface area is 106 Å². The van der Waals surface area contributed by atoms with Gasteiger partial charge in [-0.15, -0.1) is 0 Å². The van der Waals surface area contributed by atoms with Crippen LogP contribution in [0, 0.1) is 5.92 Å². The molecule has 0 saturated heterocycles. The molecule has 2 nitrogen and oxygen atoms in total. The van der Waals surface area contributed by atoms with Crippen molar-refractivity contribution < 1.29 is 4.74 Å². The van der Waals surface area contributed by atoms with Crippen LogP contribution in [0.5, 0.6) is 5.75 Å². The summed E-state index contributed by atoms with van der Waals surface area (Å²) in [6.07, 6.45) is 1.07. The minimum atomic E-state index is -1.03. The van der Waals surface area contributed by atoms with Crippen LogP contribution in [-0.4, -0.2) is 21.7 Å². The van der Waals surface area contributed by atoms with Gasteiger partial charge in [0.05, 0.1) is 7.11 Å². The quantitative estimate of drug-likeness (QED) is 0.788. The van der Waals surface area contributed by atoms with Gasteiger partial charge in [-0.1, -0.05) is 37.8 Å². The number of nitrogens with two attached hydrogens (primary N) is 1. The van der Waals surface area contributed by atoms with Crippen molar-refractivity contribution in [1.82, 2.24) is 0 Å². The molecule has 3 heteroatoms. The van der Waals surface area contributed by atoms with Gasteiger partial charge in [-0.05, 0) is 36.6 Å². The fraction of sp³-hybridized carbons (Fsp3) is 0.571. The standard InChI is InChI=1S/C14H25NOSi/c1-16-14-7-5-6-12(9-14)8-13(10-15)11-17(2,3)4/h5-7,9,13H,8,10-11,15H2,1-4H3. The lowest BCUT2D eigenvalue weighted by Crippen LogP contribution is -2.29. The Balaban J connectivity index is 2.67. The normalized spacial score (nSPS) is 13.5. The minimum Gasteiger partial charge on any atom is -0.497 e. The lowest BCUT2D eigenvalue weighted by molar-refractivity contribution is 0.414. The topological polar surface area (TPSA) is 35.2 Å². The summed E-state index contributed by atoms with van der Waals surface area (Å²) < 4.78 is 5.25. The molecule has 1 aromatic rings. The molecule has 0 saturated carbocycles. The van der Waals surface area contributed by atoms with Crippen molar-refractivity contribution in [2.75, 3.05) is 13.7 Å².